The van der Waals surface area contributed by atoms with Gasteiger partial charge in [0.05, 0.1) is 47.6 Å². The van der Waals surface area contributed by atoms with Crippen molar-refractivity contribution >= 4 is 33.7 Å². The minimum absolute atomic E-state index is 0.0273. The first-order chi connectivity index (χ1) is 25.6. The van der Waals surface area contributed by atoms with E-state index in [2.05, 4.69) is 10.0 Å². The van der Waals surface area contributed by atoms with Gasteiger partial charge in [0.2, 0.25) is 23.6 Å². The SMILES string of the molecule is CCC(C)C(C(CC(=O)N1CCC[C@H]1C(OC)C(C)C(=O)NS(=O)(=O)c1ccc(C2(N)CC2)cc1)OC)N(C)C(=O)C(NC(=O)C(C(C)C)N(C)C)C(C)C. The highest BCUT2D eigenvalue weighted by atomic mass is 32.2. The number of nitrogens with one attached hydrogen (secondary N) is 2. The Kier molecular flexibility index (Phi) is 16.3. The van der Waals surface area contributed by atoms with Crippen LogP contribution < -0.4 is 15.8 Å². The molecule has 3 rings (SSSR count). The molecule has 1 aromatic rings. The van der Waals surface area contributed by atoms with Gasteiger partial charge in [-0.15, -0.1) is 0 Å². The van der Waals surface area contributed by atoms with Gasteiger partial charge in [0.25, 0.3) is 10.0 Å². The summed E-state index contributed by atoms with van der Waals surface area (Å²) in [6, 6.07) is 4.05. The first-order valence-corrected chi connectivity index (χ1v) is 21.2. The zero-order valence-electron chi connectivity index (χ0n) is 35.1. The lowest BCUT2D eigenvalue weighted by Crippen LogP contribution is -2.59. The van der Waals surface area contributed by atoms with E-state index >= 15 is 0 Å². The molecule has 4 N–H and O–H groups in total. The number of sulfonamides is 1. The fourth-order valence-corrected chi connectivity index (χ4v) is 9.15. The number of ether oxygens (including phenoxy) is 2. The van der Waals surface area contributed by atoms with Gasteiger partial charge in [-0.3, -0.25) is 24.1 Å². The quantitative estimate of drug-likeness (QED) is 0.178. The third-order valence-corrected chi connectivity index (χ3v) is 13.1. The number of nitrogens with zero attached hydrogens (tertiary/aromatic N) is 3. The molecule has 7 unspecified atom stereocenters. The maximum Gasteiger partial charge on any atom is 0.264 e. The van der Waals surface area contributed by atoms with Crippen LogP contribution in [-0.4, -0.2) is 125 Å². The van der Waals surface area contributed by atoms with Crippen LogP contribution in [0.4, 0.5) is 0 Å². The van der Waals surface area contributed by atoms with Crippen molar-refractivity contribution in [3.05, 3.63) is 29.8 Å². The molecule has 0 aromatic heterocycles. The van der Waals surface area contributed by atoms with Gasteiger partial charge in [-0.05, 0) is 75.2 Å². The van der Waals surface area contributed by atoms with Crippen molar-refractivity contribution in [2.45, 2.75) is 134 Å². The predicted octanol–water partition coefficient (Wildman–Crippen LogP) is 3.09. The zero-order valence-corrected chi connectivity index (χ0v) is 35.9. The zero-order chi connectivity index (χ0) is 41.6. The topological polar surface area (TPSA) is 181 Å². The van der Waals surface area contributed by atoms with Crippen molar-refractivity contribution in [2.24, 2.45) is 29.4 Å². The summed E-state index contributed by atoms with van der Waals surface area (Å²) < 4.78 is 40.4. The molecule has 1 heterocycles. The Balaban J connectivity index is 1.77. The Hall–Kier alpha value is -3.11. The van der Waals surface area contributed by atoms with Crippen molar-refractivity contribution in [3.63, 3.8) is 0 Å². The van der Waals surface area contributed by atoms with Crippen LogP contribution in [0.2, 0.25) is 0 Å². The van der Waals surface area contributed by atoms with Crippen LogP contribution in [0.3, 0.4) is 0 Å². The second-order valence-electron chi connectivity index (χ2n) is 16.6. The number of hydrogen-bond acceptors (Lipinski definition) is 10. The monoisotopic (exact) mass is 792 g/mol. The lowest BCUT2D eigenvalue weighted by Gasteiger charge is -2.41. The van der Waals surface area contributed by atoms with E-state index in [1.54, 1.807) is 35.9 Å². The highest BCUT2D eigenvalue weighted by Crippen LogP contribution is 2.42. The van der Waals surface area contributed by atoms with Crippen molar-refractivity contribution in [1.29, 1.82) is 0 Å². The van der Waals surface area contributed by atoms with Gasteiger partial charge < -0.3 is 30.3 Å². The van der Waals surface area contributed by atoms with Crippen LogP contribution in [-0.2, 0) is 44.2 Å². The molecule has 14 nitrogen and oxygen atoms in total. The standard InChI is InChI=1S/C40H68N6O8S/c1-13-26(6)35(45(10)39(50)33(24(2)3)42-38(49)34(25(4)5)44(8)9)31(53-11)23-32(47)46-22-14-15-30(46)36(54-12)27(7)37(48)43-55(51,52)29-18-16-28(17-19-29)40(41)20-21-40/h16-19,24-27,30-31,33-36H,13-15,20-23,41H2,1-12H3,(H,42,49)(H,43,48)/t26?,27?,30-,31?,33?,34?,35?,36?/m0/s1. The van der Waals surface area contributed by atoms with Crippen LogP contribution in [0.15, 0.2) is 29.2 Å². The molecule has 15 heteroatoms. The van der Waals surface area contributed by atoms with E-state index in [9.17, 15) is 27.6 Å². The summed E-state index contributed by atoms with van der Waals surface area (Å²) in [7, 11) is 4.18. The van der Waals surface area contributed by atoms with E-state index < -0.39 is 63.8 Å². The molecule has 0 radical (unpaired) electrons. The van der Waals surface area contributed by atoms with E-state index in [0.717, 1.165) is 18.4 Å². The molecule has 312 valence electrons. The molecule has 0 bridgehead atoms. The molecule has 0 spiro atoms. The van der Waals surface area contributed by atoms with Crippen molar-refractivity contribution in [1.82, 2.24) is 24.7 Å². The summed E-state index contributed by atoms with van der Waals surface area (Å²) in [4.78, 5) is 60.4. The summed E-state index contributed by atoms with van der Waals surface area (Å²) in [5.74, 6) is -2.61. The number of carbonyl (C=O) groups excluding carboxylic acids is 4. The number of nitrogens with two attached hydrogens (primary N) is 1. The molecule has 8 atom stereocenters. The summed E-state index contributed by atoms with van der Waals surface area (Å²) in [6.45, 7) is 13.8. The third-order valence-electron chi connectivity index (χ3n) is 11.7. The third kappa shape index (κ3) is 11.1. The highest BCUT2D eigenvalue weighted by molar-refractivity contribution is 7.90. The summed E-state index contributed by atoms with van der Waals surface area (Å²) in [6.07, 6.45) is 2.09. The minimum atomic E-state index is -4.18. The highest BCUT2D eigenvalue weighted by Gasteiger charge is 2.44. The second kappa shape index (κ2) is 19.4. The smallest absolute Gasteiger partial charge is 0.264 e. The normalized spacial score (nSPS) is 20.7. The van der Waals surface area contributed by atoms with E-state index in [0.29, 0.717) is 25.8 Å². The molecule has 2 fully saturated rings. The van der Waals surface area contributed by atoms with E-state index in [4.69, 9.17) is 15.2 Å². The number of likely N-dealkylation sites (N-methyl/N-ethyl adjacent to an activating group) is 2. The van der Waals surface area contributed by atoms with Gasteiger partial charge >= 0.3 is 0 Å². The Morgan fingerprint density at radius 3 is 2.02 bits per heavy atom. The molecule has 1 aromatic carbocycles. The van der Waals surface area contributed by atoms with Crippen LogP contribution in [0, 0.1) is 23.7 Å². The molecule has 1 saturated heterocycles. The maximum absolute atomic E-state index is 14.2. The number of likely N-dealkylation sites (tertiary alicyclic amines) is 1. The molecular weight excluding hydrogens is 725 g/mol. The summed E-state index contributed by atoms with van der Waals surface area (Å²) >= 11 is 0. The largest absolute Gasteiger partial charge is 0.379 e. The molecule has 2 aliphatic rings. The van der Waals surface area contributed by atoms with Gasteiger partial charge in [-0.25, -0.2) is 13.1 Å². The average molecular weight is 793 g/mol. The Bertz CT molecular complexity index is 1570. The van der Waals surface area contributed by atoms with Gasteiger partial charge in [0.1, 0.15) is 6.04 Å². The first kappa shape index (κ1) is 46.3. The van der Waals surface area contributed by atoms with E-state index in [1.165, 1.54) is 26.4 Å². The fraction of sp³-hybridized carbons (Fsp3) is 0.750. The molecule has 1 aliphatic carbocycles. The van der Waals surface area contributed by atoms with Crippen LogP contribution in [0.25, 0.3) is 0 Å². The number of methoxy groups -OCH3 is 2. The van der Waals surface area contributed by atoms with Crippen molar-refractivity contribution in [2.75, 3.05) is 41.9 Å². The Labute approximate surface area is 329 Å². The minimum Gasteiger partial charge on any atom is -0.379 e. The van der Waals surface area contributed by atoms with E-state index in [1.807, 2.05) is 60.5 Å². The number of rotatable bonds is 20. The van der Waals surface area contributed by atoms with E-state index in [-0.39, 0.29) is 46.8 Å². The molecule has 1 aliphatic heterocycles. The number of benzene rings is 1. The summed E-state index contributed by atoms with van der Waals surface area (Å²) in [5.41, 5.74) is 6.68. The molecule has 55 heavy (non-hydrogen) atoms. The number of amides is 4. The molecule has 4 amide bonds. The van der Waals surface area contributed by atoms with Crippen molar-refractivity contribution in [3.8, 4) is 0 Å². The van der Waals surface area contributed by atoms with Gasteiger partial charge in [-0.2, -0.15) is 0 Å². The Morgan fingerprint density at radius 1 is 0.945 bits per heavy atom. The van der Waals surface area contributed by atoms with Crippen LogP contribution in [0.1, 0.15) is 92.6 Å². The number of hydrogen-bond donors (Lipinski definition) is 3. The van der Waals surface area contributed by atoms with Gasteiger partial charge in [-0.1, -0.05) is 67.0 Å². The predicted molar refractivity (Wildman–Crippen MR) is 212 cm³/mol. The van der Waals surface area contributed by atoms with Gasteiger partial charge in [0, 0.05) is 33.4 Å². The second-order valence-corrected chi connectivity index (χ2v) is 18.3. The van der Waals surface area contributed by atoms with Crippen molar-refractivity contribution < 1.29 is 37.1 Å². The van der Waals surface area contributed by atoms with Crippen LogP contribution >= 0.6 is 0 Å². The number of carbonyl (C=O) groups is 4. The maximum atomic E-state index is 14.2. The lowest BCUT2D eigenvalue weighted by atomic mass is 9.89. The molecule has 1 saturated carbocycles. The van der Waals surface area contributed by atoms with Gasteiger partial charge in [0.15, 0.2) is 0 Å². The lowest BCUT2D eigenvalue weighted by molar-refractivity contribution is -0.148. The first-order valence-electron chi connectivity index (χ1n) is 19.7. The Morgan fingerprint density at radius 2 is 1.55 bits per heavy atom. The fourth-order valence-electron chi connectivity index (χ4n) is 8.08. The van der Waals surface area contributed by atoms with Crippen LogP contribution in [0.5, 0.6) is 0 Å². The summed E-state index contributed by atoms with van der Waals surface area (Å²) in [5, 5.41) is 3.02. The molecular formula is C40H68N6O8S. The average Bonchev–Trinajstić information content (AvgIpc) is 3.69.